The fraction of sp³-hybridized carbons (Fsp3) is 0.333. The summed E-state index contributed by atoms with van der Waals surface area (Å²) in [5.74, 6) is 1.05. The zero-order valence-corrected chi connectivity index (χ0v) is 20.4. The predicted molar refractivity (Wildman–Crippen MR) is 135 cm³/mol. The lowest BCUT2D eigenvalue weighted by atomic mass is 10.1. The molecule has 1 aliphatic rings. The molecule has 0 amide bonds. The Balaban J connectivity index is 1.32. The van der Waals surface area contributed by atoms with E-state index in [4.69, 9.17) is 21.1 Å². The van der Waals surface area contributed by atoms with Crippen LogP contribution < -0.4 is 9.64 Å². The first-order valence-electron chi connectivity index (χ1n) is 11.6. The highest BCUT2D eigenvalue weighted by atomic mass is 35.5. The summed E-state index contributed by atoms with van der Waals surface area (Å²) < 4.78 is 11.3. The van der Waals surface area contributed by atoms with Gasteiger partial charge in [0.05, 0.1) is 11.1 Å². The van der Waals surface area contributed by atoms with Crippen molar-refractivity contribution in [1.29, 1.82) is 0 Å². The number of anilines is 1. The van der Waals surface area contributed by atoms with Gasteiger partial charge in [-0.1, -0.05) is 48.0 Å². The standard InChI is InChI=1S/C27H30ClN3O3/c1-20(2)34-27(32)23-9-6-12-29-26(23)31-15-13-30(14-16-31)18-22-10-11-25(24(28)17-22)33-19-21-7-4-3-5-8-21/h3-12,17,20H,13-16,18-19H2,1-2H3. The zero-order valence-electron chi connectivity index (χ0n) is 19.6. The van der Waals surface area contributed by atoms with Crippen molar-refractivity contribution >= 4 is 23.4 Å². The average molecular weight is 480 g/mol. The second-order valence-corrected chi connectivity index (χ2v) is 9.04. The van der Waals surface area contributed by atoms with Crippen LogP contribution in [0.5, 0.6) is 5.75 Å². The van der Waals surface area contributed by atoms with E-state index in [0.717, 1.165) is 43.9 Å². The van der Waals surface area contributed by atoms with Crippen LogP contribution in [0.2, 0.25) is 5.02 Å². The van der Waals surface area contributed by atoms with E-state index in [2.05, 4.69) is 20.9 Å². The van der Waals surface area contributed by atoms with Gasteiger partial charge < -0.3 is 14.4 Å². The number of hydrogen-bond acceptors (Lipinski definition) is 6. The average Bonchev–Trinajstić information content (AvgIpc) is 2.84. The number of piperazine rings is 1. The van der Waals surface area contributed by atoms with Gasteiger partial charge in [0.15, 0.2) is 0 Å². The van der Waals surface area contributed by atoms with Gasteiger partial charge in [0.25, 0.3) is 0 Å². The number of esters is 1. The summed E-state index contributed by atoms with van der Waals surface area (Å²) in [5.41, 5.74) is 2.76. The Morgan fingerprint density at radius 1 is 1.00 bits per heavy atom. The first kappa shape index (κ1) is 24.0. The largest absolute Gasteiger partial charge is 0.487 e. The fourth-order valence-electron chi connectivity index (χ4n) is 3.96. The Morgan fingerprint density at radius 2 is 1.76 bits per heavy atom. The summed E-state index contributed by atoms with van der Waals surface area (Å²) >= 11 is 6.50. The zero-order chi connectivity index (χ0) is 23.9. The SMILES string of the molecule is CC(C)OC(=O)c1cccnc1N1CCN(Cc2ccc(OCc3ccccc3)c(Cl)c2)CC1. The molecule has 3 aromatic rings. The molecule has 34 heavy (non-hydrogen) atoms. The Labute approximate surface area is 206 Å². The normalized spacial score (nSPS) is 14.3. The predicted octanol–water partition coefficient (Wildman–Crippen LogP) is 5.20. The van der Waals surface area contributed by atoms with Crippen LogP contribution in [0.1, 0.15) is 35.3 Å². The Bertz CT molecular complexity index is 1100. The van der Waals surface area contributed by atoms with Crippen molar-refractivity contribution < 1.29 is 14.3 Å². The number of halogens is 1. The molecule has 2 heterocycles. The topological polar surface area (TPSA) is 54.9 Å². The minimum absolute atomic E-state index is 0.167. The number of nitrogens with zero attached hydrogens (tertiary/aromatic N) is 3. The van der Waals surface area contributed by atoms with Crippen molar-refractivity contribution in [3.8, 4) is 5.75 Å². The molecular weight excluding hydrogens is 450 g/mol. The third-order valence-corrected chi connectivity index (χ3v) is 5.96. The van der Waals surface area contributed by atoms with E-state index in [0.29, 0.717) is 28.8 Å². The van der Waals surface area contributed by atoms with E-state index in [1.54, 1.807) is 18.3 Å². The van der Waals surface area contributed by atoms with E-state index in [1.165, 1.54) is 0 Å². The molecule has 0 aliphatic carbocycles. The van der Waals surface area contributed by atoms with Crippen molar-refractivity contribution in [1.82, 2.24) is 9.88 Å². The van der Waals surface area contributed by atoms with Gasteiger partial charge in [-0.15, -0.1) is 0 Å². The number of benzene rings is 2. The summed E-state index contributed by atoms with van der Waals surface area (Å²) in [6, 6.07) is 19.6. The molecule has 0 unspecified atom stereocenters. The summed E-state index contributed by atoms with van der Waals surface area (Å²) in [7, 11) is 0. The minimum atomic E-state index is -0.329. The number of pyridine rings is 1. The smallest absolute Gasteiger partial charge is 0.342 e. The molecule has 2 aromatic carbocycles. The quantitative estimate of drug-likeness (QED) is 0.414. The van der Waals surface area contributed by atoms with E-state index >= 15 is 0 Å². The number of rotatable bonds is 8. The van der Waals surface area contributed by atoms with Crippen LogP contribution >= 0.6 is 11.6 Å². The van der Waals surface area contributed by atoms with E-state index in [-0.39, 0.29) is 12.1 Å². The van der Waals surface area contributed by atoms with Crippen LogP contribution in [0.15, 0.2) is 66.9 Å². The summed E-state index contributed by atoms with van der Waals surface area (Å²) in [4.78, 5) is 21.5. The molecule has 178 valence electrons. The molecule has 6 nitrogen and oxygen atoms in total. The van der Waals surface area contributed by atoms with E-state index < -0.39 is 0 Å². The monoisotopic (exact) mass is 479 g/mol. The van der Waals surface area contributed by atoms with Gasteiger partial charge in [-0.3, -0.25) is 4.90 Å². The maximum absolute atomic E-state index is 12.5. The number of ether oxygens (including phenoxy) is 2. The summed E-state index contributed by atoms with van der Waals surface area (Å²) in [5, 5.41) is 0.619. The minimum Gasteiger partial charge on any atom is -0.487 e. The summed E-state index contributed by atoms with van der Waals surface area (Å²) in [6.45, 7) is 8.27. The van der Waals surface area contributed by atoms with Crippen molar-refractivity contribution in [3.63, 3.8) is 0 Å². The second-order valence-electron chi connectivity index (χ2n) is 8.63. The van der Waals surface area contributed by atoms with Crippen LogP contribution in [0.3, 0.4) is 0 Å². The van der Waals surface area contributed by atoms with E-state index in [9.17, 15) is 4.79 Å². The lowest BCUT2D eigenvalue weighted by Gasteiger charge is -2.36. The second kappa shape index (κ2) is 11.4. The van der Waals surface area contributed by atoms with Gasteiger partial charge in [0.2, 0.25) is 0 Å². The molecule has 1 aliphatic heterocycles. The van der Waals surface area contributed by atoms with Gasteiger partial charge in [0, 0.05) is 38.9 Å². The number of aromatic nitrogens is 1. The molecule has 0 atom stereocenters. The van der Waals surface area contributed by atoms with Gasteiger partial charge in [-0.2, -0.15) is 0 Å². The van der Waals surface area contributed by atoms with Crippen LogP contribution in [0, 0.1) is 0 Å². The highest BCUT2D eigenvalue weighted by molar-refractivity contribution is 6.32. The van der Waals surface area contributed by atoms with Crippen molar-refractivity contribution in [2.75, 3.05) is 31.1 Å². The molecule has 0 saturated carbocycles. The first-order chi connectivity index (χ1) is 16.5. The Morgan fingerprint density at radius 3 is 2.47 bits per heavy atom. The van der Waals surface area contributed by atoms with Gasteiger partial charge in [-0.05, 0) is 49.2 Å². The highest BCUT2D eigenvalue weighted by Crippen LogP contribution is 2.27. The molecule has 7 heteroatoms. The molecule has 1 saturated heterocycles. The third kappa shape index (κ3) is 6.27. The fourth-order valence-corrected chi connectivity index (χ4v) is 4.21. The molecule has 0 radical (unpaired) electrons. The lowest BCUT2D eigenvalue weighted by Crippen LogP contribution is -2.46. The van der Waals surface area contributed by atoms with Crippen LogP contribution in [-0.2, 0) is 17.9 Å². The molecule has 0 bridgehead atoms. The van der Waals surface area contributed by atoms with Gasteiger partial charge in [-0.25, -0.2) is 9.78 Å². The maximum Gasteiger partial charge on any atom is 0.342 e. The lowest BCUT2D eigenvalue weighted by molar-refractivity contribution is 0.0378. The highest BCUT2D eigenvalue weighted by Gasteiger charge is 2.24. The molecular formula is C27H30ClN3O3. The number of carbonyl (C=O) groups is 1. The van der Waals surface area contributed by atoms with Crippen molar-refractivity contribution in [2.45, 2.75) is 33.1 Å². The van der Waals surface area contributed by atoms with Crippen molar-refractivity contribution in [2.24, 2.45) is 0 Å². The Kier molecular flexibility index (Phi) is 8.03. The van der Waals surface area contributed by atoms with Crippen molar-refractivity contribution in [3.05, 3.63) is 88.6 Å². The Hall–Kier alpha value is -3.09. The number of carbonyl (C=O) groups excluding carboxylic acids is 1. The maximum atomic E-state index is 12.5. The third-order valence-electron chi connectivity index (χ3n) is 5.66. The van der Waals surface area contributed by atoms with Crippen LogP contribution in [-0.4, -0.2) is 48.1 Å². The van der Waals surface area contributed by atoms with Gasteiger partial charge in [0.1, 0.15) is 23.7 Å². The van der Waals surface area contributed by atoms with Crippen LogP contribution in [0.4, 0.5) is 5.82 Å². The molecule has 1 aromatic heterocycles. The molecule has 4 rings (SSSR count). The van der Waals surface area contributed by atoms with Gasteiger partial charge >= 0.3 is 5.97 Å². The number of hydrogen-bond donors (Lipinski definition) is 0. The molecule has 0 spiro atoms. The molecule has 0 N–H and O–H groups in total. The van der Waals surface area contributed by atoms with Crippen LogP contribution in [0.25, 0.3) is 0 Å². The summed E-state index contributed by atoms with van der Waals surface area (Å²) in [6.07, 6.45) is 1.55. The molecule has 1 fully saturated rings. The first-order valence-corrected chi connectivity index (χ1v) is 12.0. The van der Waals surface area contributed by atoms with E-state index in [1.807, 2.05) is 56.3 Å².